The van der Waals surface area contributed by atoms with Crippen LogP contribution >= 0.6 is 0 Å². The molecule has 0 spiro atoms. The minimum Gasteiger partial charge on any atom is -0.439 e. The van der Waals surface area contributed by atoms with Gasteiger partial charge >= 0.3 is 5.89 Å². The molecule has 0 aliphatic carbocycles. The van der Waals surface area contributed by atoms with Crippen LogP contribution in [0.3, 0.4) is 0 Å². The summed E-state index contributed by atoms with van der Waals surface area (Å²) in [4.78, 5) is 1.74. The third kappa shape index (κ3) is 8.35. The number of benzene rings is 3. The Morgan fingerprint density at radius 3 is 2.29 bits per heavy atom. The molecule has 5 rings (SSSR count). The van der Waals surface area contributed by atoms with Gasteiger partial charge in [-0.3, -0.25) is 9.11 Å². The van der Waals surface area contributed by atoms with Crippen LogP contribution in [0, 0.1) is 0 Å². The van der Waals surface area contributed by atoms with Gasteiger partial charge in [-0.25, -0.2) is 0 Å². The number of aryl methyl sites for hydroxylation is 1. The summed E-state index contributed by atoms with van der Waals surface area (Å²) in [6.45, 7) is 8.95. The maximum atomic E-state index is 11.8. The van der Waals surface area contributed by atoms with E-state index in [0.29, 0.717) is 48.2 Å². The standard InChI is InChI=1S/C36H42N2O8S2/c1-5-26(35-38(20-10-11-22-47(39,40)41)31-25-29(36(3,4)6-2)16-18-33(31)46-35)15-19-34-37(21-23-48(42,43)44)30-24-28(14-17-32(30)45-34)27-12-8-7-9-13-27/h7-9,12-19,24-25H,5-6,10-11,20-23H2,1-4H3,(H-,39,40,41,42,43,44)/p+1. The predicted octanol–water partition coefficient (Wildman–Crippen LogP) is 7.16. The zero-order valence-corrected chi connectivity index (χ0v) is 29.4. The highest BCUT2D eigenvalue weighted by Gasteiger charge is 2.30. The normalized spacial score (nSPS) is 14.9. The third-order valence-electron chi connectivity index (χ3n) is 8.89. The average molecular weight is 696 g/mol. The molecule has 0 atom stereocenters. The number of nitrogens with zero attached hydrogens (tertiary/aromatic N) is 2. The van der Waals surface area contributed by atoms with Gasteiger partial charge in [-0.05, 0) is 71.7 Å². The second-order valence-electron chi connectivity index (χ2n) is 12.6. The highest BCUT2D eigenvalue weighted by Crippen LogP contribution is 2.42. The van der Waals surface area contributed by atoms with E-state index in [4.69, 9.17) is 9.15 Å². The average Bonchev–Trinajstić information content (AvgIpc) is 3.58. The topological polar surface area (TPSA) is 138 Å². The Kier molecular flexibility index (Phi) is 10.5. The Hall–Kier alpha value is -3.97. The third-order valence-corrected chi connectivity index (χ3v) is 10.4. The predicted molar refractivity (Wildman–Crippen MR) is 188 cm³/mol. The molecule has 2 N–H and O–H groups in total. The van der Waals surface area contributed by atoms with Crippen molar-refractivity contribution in [3.8, 4) is 16.9 Å². The molecule has 1 aliphatic rings. The number of rotatable bonds is 14. The number of oxazole rings is 1. The van der Waals surface area contributed by atoms with Crippen LogP contribution < -0.4 is 14.2 Å². The molecule has 3 aromatic carbocycles. The van der Waals surface area contributed by atoms with Crippen molar-refractivity contribution in [3.05, 3.63) is 96.2 Å². The van der Waals surface area contributed by atoms with E-state index in [1.165, 1.54) is 0 Å². The summed E-state index contributed by atoms with van der Waals surface area (Å²) < 4.78 is 79.9. The van der Waals surface area contributed by atoms with Crippen molar-refractivity contribution in [1.82, 2.24) is 0 Å². The van der Waals surface area contributed by atoms with Crippen LogP contribution in [-0.2, 0) is 32.2 Å². The van der Waals surface area contributed by atoms with Gasteiger partial charge in [-0.1, -0.05) is 70.2 Å². The molecular formula is C36H43N2O8S2+. The lowest BCUT2D eigenvalue weighted by Crippen LogP contribution is -2.36. The van der Waals surface area contributed by atoms with E-state index in [2.05, 4.69) is 37.5 Å². The summed E-state index contributed by atoms with van der Waals surface area (Å²) in [5.41, 5.74) is 6.11. The van der Waals surface area contributed by atoms with Crippen molar-refractivity contribution in [2.45, 2.75) is 65.3 Å². The van der Waals surface area contributed by atoms with Crippen molar-refractivity contribution in [2.75, 3.05) is 23.0 Å². The van der Waals surface area contributed by atoms with Crippen molar-refractivity contribution in [1.29, 1.82) is 0 Å². The van der Waals surface area contributed by atoms with Gasteiger partial charge in [0.05, 0.1) is 22.8 Å². The summed E-state index contributed by atoms with van der Waals surface area (Å²) in [5, 5.41) is 0. The number of aromatic nitrogens is 1. The van der Waals surface area contributed by atoms with E-state index in [1.807, 2.05) is 67.6 Å². The number of unbranched alkanes of at least 4 members (excludes halogenated alkanes) is 1. The van der Waals surface area contributed by atoms with Crippen LogP contribution in [-0.4, -0.2) is 44.0 Å². The Balaban J connectivity index is 1.55. The lowest BCUT2D eigenvalue weighted by atomic mass is 9.82. The number of hydrogen-bond donors (Lipinski definition) is 2. The first-order valence-corrected chi connectivity index (χ1v) is 19.3. The molecule has 10 nitrogen and oxygen atoms in total. The molecule has 2 heterocycles. The van der Waals surface area contributed by atoms with E-state index in [0.717, 1.165) is 34.2 Å². The van der Waals surface area contributed by atoms with Gasteiger partial charge in [-0.2, -0.15) is 21.4 Å². The van der Waals surface area contributed by atoms with Gasteiger partial charge in [0.15, 0.2) is 12.3 Å². The maximum absolute atomic E-state index is 11.8. The fraction of sp³-hybridized carbons (Fsp3) is 0.361. The number of allylic oxidation sites excluding steroid dienone is 3. The van der Waals surface area contributed by atoms with E-state index < -0.39 is 26.0 Å². The first kappa shape index (κ1) is 35.3. The number of anilines is 1. The molecule has 0 unspecified atom stereocenters. The summed E-state index contributed by atoms with van der Waals surface area (Å²) in [7, 11) is -8.32. The van der Waals surface area contributed by atoms with Gasteiger partial charge in [0.25, 0.3) is 25.8 Å². The van der Waals surface area contributed by atoms with Gasteiger partial charge in [0.1, 0.15) is 0 Å². The van der Waals surface area contributed by atoms with Crippen LogP contribution in [0.4, 0.5) is 5.69 Å². The molecule has 1 aromatic heterocycles. The Labute approximate surface area is 282 Å². The van der Waals surface area contributed by atoms with Crippen molar-refractivity contribution in [3.63, 3.8) is 0 Å². The summed E-state index contributed by atoms with van der Waals surface area (Å²) in [6, 6.07) is 21.7. The minimum atomic E-state index is -4.25. The second kappa shape index (κ2) is 14.3. The highest BCUT2D eigenvalue weighted by molar-refractivity contribution is 7.86. The van der Waals surface area contributed by atoms with Crippen molar-refractivity contribution in [2.24, 2.45) is 0 Å². The Bertz CT molecular complexity index is 2070. The smallest absolute Gasteiger partial charge is 0.377 e. The van der Waals surface area contributed by atoms with Gasteiger partial charge in [0.2, 0.25) is 11.5 Å². The second-order valence-corrected chi connectivity index (χ2v) is 15.8. The first-order chi connectivity index (χ1) is 22.7. The molecule has 12 heteroatoms. The summed E-state index contributed by atoms with van der Waals surface area (Å²) >= 11 is 0. The zero-order chi connectivity index (χ0) is 34.7. The van der Waals surface area contributed by atoms with E-state index in [1.54, 1.807) is 11.0 Å². The molecule has 0 bridgehead atoms. The fourth-order valence-corrected chi connectivity index (χ4v) is 6.69. The van der Waals surface area contributed by atoms with E-state index in [9.17, 15) is 25.9 Å². The monoisotopic (exact) mass is 695 g/mol. The molecule has 256 valence electrons. The van der Waals surface area contributed by atoms with Crippen LogP contribution in [0.2, 0.25) is 0 Å². The van der Waals surface area contributed by atoms with Crippen LogP contribution in [0.1, 0.15) is 64.8 Å². The quantitative estimate of drug-likeness (QED) is 0.0799. The molecular weight excluding hydrogens is 653 g/mol. The summed E-state index contributed by atoms with van der Waals surface area (Å²) in [5.74, 6) is 0.753. The highest BCUT2D eigenvalue weighted by atomic mass is 32.2. The number of ether oxygens (including phenoxy) is 1. The van der Waals surface area contributed by atoms with E-state index in [-0.39, 0.29) is 24.1 Å². The molecule has 48 heavy (non-hydrogen) atoms. The van der Waals surface area contributed by atoms with Crippen LogP contribution in [0.25, 0.3) is 27.8 Å². The van der Waals surface area contributed by atoms with Gasteiger partial charge in [0, 0.05) is 19.0 Å². The number of fused-ring (bicyclic) bond motifs is 2. The van der Waals surface area contributed by atoms with Gasteiger partial charge < -0.3 is 14.1 Å². The number of hydrogen-bond acceptors (Lipinski definition) is 7. The fourth-order valence-electron chi connectivity index (χ4n) is 5.71. The molecule has 0 fully saturated rings. The summed E-state index contributed by atoms with van der Waals surface area (Å²) in [6.07, 6.45) is 5.95. The minimum absolute atomic E-state index is 0.0282. The van der Waals surface area contributed by atoms with Crippen LogP contribution in [0.5, 0.6) is 5.75 Å². The molecule has 1 aliphatic heterocycles. The van der Waals surface area contributed by atoms with Crippen LogP contribution in [0.15, 0.2) is 89.2 Å². The molecule has 0 saturated carbocycles. The largest absolute Gasteiger partial charge is 0.439 e. The lowest BCUT2D eigenvalue weighted by molar-refractivity contribution is -0.679. The van der Waals surface area contributed by atoms with Gasteiger partial charge in [-0.15, -0.1) is 0 Å². The zero-order valence-electron chi connectivity index (χ0n) is 27.7. The molecule has 0 saturated heterocycles. The van der Waals surface area contributed by atoms with Crippen molar-refractivity contribution < 1.29 is 39.7 Å². The van der Waals surface area contributed by atoms with E-state index >= 15 is 0 Å². The molecule has 0 radical (unpaired) electrons. The van der Waals surface area contributed by atoms with Crippen molar-refractivity contribution >= 4 is 42.6 Å². The molecule has 0 amide bonds. The maximum Gasteiger partial charge on any atom is 0.377 e. The lowest BCUT2D eigenvalue weighted by Gasteiger charge is -2.22. The first-order valence-electron chi connectivity index (χ1n) is 16.1. The molecule has 4 aromatic rings. The Morgan fingerprint density at radius 2 is 1.62 bits per heavy atom. The SMILES string of the molecule is CCC(=CC=C1Oc2ccc(-c3ccccc3)cc2N1CCS(=O)(=O)O)c1oc2ccc(C(C)(C)CC)cc2[n+]1CCCCS(=O)(=O)O. The Morgan fingerprint density at radius 1 is 0.896 bits per heavy atom.